The number of hydrogen-bond donors (Lipinski definition) is 0. The highest BCUT2D eigenvalue weighted by atomic mass is 32.2. The molecule has 1 saturated heterocycles. The van der Waals surface area contributed by atoms with Gasteiger partial charge in [0.2, 0.25) is 5.91 Å². The van der Waals surface area contributed by atoms with E-state index >= 15 is 0 Å². The maximum atomic E-state index is 13.8. The SMILES string of the molecule is CCc1nc(C)nc(N2CCN(C(=O)CSc3ccccc3)CC2)c1Cc1cccc(F)c1. The van der Waals surface area contributed by atoms with E-state index in [1.54, 1.807) is 23.9 Å². The van der Waals surface area contributed by atoms with Crippen molar-refractivity contribution in [1.82, 2.24) is 14.9 Å². The van der Waals surface area contributed by atoms with Crippen LogP contribution in [0.3, 0.4) is 0 Å². The molecule has 1 aromatic heterocycles. The van der Waals surface area contributed by atoms with E-state index in [1.165, 1.54) is 6.07 Å². The zero-order valence-corrected chi connectivity index (χ0v) is 19.9. The molecule has 0 atom stereocenters. The second-order valence-electron chi connectivity index (χ2n) is 8.15. The fourth-order valence-corrected chi connectivity index (χ4v) is 4.97. The molecule has 0 N–H and O–H groups in total. The number of carbonyl (C=O) groups excluding carboxylic acids is 1. The summed E-state index contributed by atoms with van der Waals surface area (Å²) in [5.41, 5.74) is 2.96. The third-order valence-corrected chi connectivity index (χ3v) is 6.82. The van der Waals surface area contributed by atoms with Gasteiger partial charge in [-0.15, -0.1) is 11.8 Å². The second-order valence-corrected chi connectivity index (χ2v) is 9.20. The lowest BCUT2D eigenvalue weighted by molar-refractivity contribution is -0.128. The predicted molar refractivity (Wildman–Crippen MR) is 131 cm³/mol. The van der Waals surface area contributed by atoms with Crippen LogP contribution in [-0.4, -0.2) is 52.7 Å². The topological polar surface area (TPSA) is 49.3 Å². The molecule has 2 aromatic carbocycles. The summed E-state index contributed by atoms with van der Waals surface area (Å²) >= 11 is 1.58. The van der Waals surface area contributed by atoms with Crippen molar-refractivity contribution in [1.29, 1.82) is 0 Å². The number of carbonyl (C=O) groups is 1. The minimum Gasteiger partial charge on any atom is -0.353 e. The predicted octanol–water partition coefficient (Wildman–Crippen LogP) is 4.52. The summed E-state index contributed by atoms with van der Waals surface area (Å²) in [5, 5.41) is 0. The number of nitrogens with zero attached hydrogens (tertiary/aromatic N) is 4. The smallest absolute Gasteiger partial charge is 0.233 e. The van der Waals surface area contributed by atoms with Crippen molar-refractivity contribution in [3.63, 3.8) is 0 Å². The summed E-state index contributed by atoms with van der Waals surface area (Å²) in [5.74, 6) is 2.02. The van der Waals surface area contributed by atoms with Crippen LogP contribution in [0.25, 0.3) is 0 Å². The molecule has 1 fully saturated rings. The minimum atomic E-state index is -0.236. The number of rotatable bonds is 7. The molecule has 1 aliphatic rings. The quantitative estimate of drug-likeness (QED) is 0.481. The van der Waals surface area contributed by atoms with Crippen LogP contribution < -0.4 is 4.90 Å². The van der Waals surface area contributed by atoms with Crippen molar-refractivity contribution in [2.75, 3.05) is 36.8 Å². The number of anilines is 1. The van der Waals surface area contributed by atoms with Crippen molar-refractivity contribution in [3.8, 4) is 0 Å². The number of aromatic nitrogens is 2. The first-order chi connectivity index (χ1) is 16.0. The molecule has 1 aliphatic heterocycles. The van der Waals surface area contributed by atoms with E-state index in [2.05, 4.69) is 16.8 Å². The van der Waals surface area contributed by atoms with Gasteiger partial charge in [-0.25, -0.2) is 14.4 Å². The van der Waals surface area contributed by atoms with Crippen LogP contribution >= 0.6 is 11.8 Å². The summed E-state index contributed by atoms with van der Waals surface area (Å²) in [7, 11) is 0. The van der Waals surface area contributed by atoms with Crippen LogP contribution in [0.5, 0.6) is 0 Å². The molecular weight excluding hydrogens is 435 g/mol. The first-order valence-electron chi connectivity index (χ1n) is 11.3. The average molecular weight is 465 g/mol. The molecule has 0 bridgehead atoms. The van der Waals surface area contributed by atoms with Crippen molar-refractivity contribution < 1.29 is 9.18 Å². The van der Waals surface area contributed by atoms with E-state index in [-0.39, 0.29) is 11.7 Å². The minimum absolute atomic E-state index is 0.164. The van der Waals surface area contributed by atoms with E-state index in [0.29, 0.717) is 25.3 Å². The standard InChI is InChI=1S/C26H29FN4OS/c1-3-24-23(17-20-8-7-9-21(27)16-20)26(29-19(2)28-24)31-14-12-30(13-15-31)25(32)18-33-22-10-5-4-6-11-22/h4-11,16H,3,12-15,17-18H2,1-2H3. The third kappa shape index (κ3) is 5.90. The molecular formula is C26H29FN4OS. The van der Waals surface area contributed by atoms with Gasteiger partial charge in [0.15, 0.2) is 0 Å². The second kappa shape index (κ2) is 10.8. The average Bonchev–Trinajstić information content (AvgIpc) is 2.84. The van der Waals surface area contributed by atoms with Crippen molar-refractivity contribution in [2.24, 2.45) is 0 Å². The summed E-state index contributed by atoms with van der Waals surface area (Å²) in [4.78, 5) is 27.5. The van der Waals surface area contributed by atoms with Crippen LogP contribution in [0.2, 0.25) is 0 Å². The van der Waals surface area contributed by atoms with Crippen molar-refractivity contribution in [3.05, 3.63) is 83.1 Å². The monoisotopic (exact) mass is 464 g/mol. The summed E-state index contributed by atoms with van der Waals surface area (Å²) in [6, 6.07) is 16.7. The number of halogens is 1. The lowest BCUT2D eigenvalue weighted by atomic mass is 10.0. The van der Waals surface area contributed by atoms with Crippen LogP contribution in [0, 0.1) is 12.7 Å². The van der Waals surface area contributed by atoms with E-state index < -0.39 is 0 Å². The lowest BCUT2D eigenvalue weighted by Crippen LogP contribution is -2.50. The Labute approximate surface area is 199 Å². The van der Waals surface area contributed by atoms with E-state index in [9.17, 15) is 9.18 Å². The van der Waals surface area contributed by atoms with Crippen molar-refractivity contribution in [2.45, 2.75) is 31.6 Å². The fourth-order valence-electron chi connectivity index (χ4n) is 4.14. The van der Waals surface area contributed by atoms with Gasteiger partial charge in [0.25, 0.3) is 0 Å². The first-order valence-corrected chi connectivity index (χ1v) is 12.3. The molecule has 5 nitrogen and oxygen atoms in total. The van der Waals surface area contributed by atoms with Gasteiger partial charge in [0, 0.05) is 48.8 Å². The normalized spacial score (nSPS) is 13.9. The molecule has 1 amide bonds. The number of amides is 1. The van der Waals surface area contributed by atoms with Crippen LogP contribution in [0.1, 0.15) is 29.6 Å². The number of thioether (sulfide) groups is 1. The zero-order chi connectivity index (χ0) is 23.2. The lowest BCUT2D eigenvalue weighted by Gasteiger charge is -2.36. The van der Waals surface area contributed by atoms with Gasteiger partial charge in [0.1, 0.15) is 17.5 Å². The molecule has 172 valence electrons. The first kappa shape index (κ1) is 23.2. The van der Waals surface area contributed by atoms with Gasteiger partial charge in [-0.3, -0.25) is 4.79 Å². The molecule has 4 rings (SSSR count). The van der Waals surface area contributed by atoms with Gasteiger partial charge in [-0.1, -0.05) is 37.3 Å². The van der Waals surface area contributed by atoms with Gasteiger partial charge in [-0.2, -0.15) is 0 Å². The zero-order valence-electron chi connectivity index (χ0n) is 19.1. The fraction of sp³-hybridized carbons (Fsp3) is 0.346. The molecule has 0 aliphatic carbocycles. The summed E-state index contributed by atoms with van der Waals surface area (Å²) in [6.07, 6.45) is 1.37. The maximum absolute atomic E-state index is 13.8. The van der Waals surface area contributed by atoms with E-state index in [1.807, 2.05) is 48.2 Å². The maximum Gasteiger partial charge on any atom is 0.233 e. The van der Waals surface area contributed by atoms with Gasteiger partial charge in [-0.05, 0) is 43.2 Å². The molecule has 2 heterocycles. The Hall–Kier alpha value is -2.93. The molecule has 0 radical (unpaired) electrons. The molecule has 7 heteroatoms. The molecule has 0 saturated carbocycles. The molecule has 33 heavy (non-hydrogen) atoms. The van der Waals surface area contributed by atoms with Crippen molar-refractivity contribution >= 4 is 23.5 Å². The summed E-state index contributed by atoms with van der Waals surface area (Å²) < 4.78 is 13.8. The van der Waals surface area contributed by atoms with Crippen LogP contribution in [0.15, 0.2) is 59.5 Å². The van der Waals surface area contributed by atoms with E-state index in [0.717, 1.165) is 52.9 Å². The van der Waals surface area contributed by atoms with Crippen LogP contribution in [0.4, 0.5) is 10.2 Å². The Bertz CT molecular complexity index is 1100. The number of hydrogen-bond acceptors (Lipinski definition) is 5. The van der Waals surface area contributed by atoms with Crippen LogP contribution in [-0.2, 0) is 17.6 Å². The van der Waals surface area contributed by atoms with Gasteiger partial charge in [0.05, 0.1) is 5.75 Å². The highest BCUT2D eigenvalue weighted by molar-refractivity contribution is 8.00. The highest BCUT2D eigenvalue weighted by Crippen LogP contribution is 2.26. The number of piperazine rings is 1. The van der Waals surface area contributed by atoms with Gasteiger partial charge >= 0.3 is 0 Å². The highest BCUT2D eigenvalue weighted by Gasteiger charge is 2.25. The summed E-state index contributed by atoms with van der Waals surface area (Å²) in [6.45, 7) is 6.77. The molecule has 0 unspecified atom stereocenters. The van der Waals surface area contributed by atoms with E-state index in [4.69, 9.17) is 4.98 Å². The number of aryl methyl sites for hydroxylation is 2. The Kier molecular flexibility index (Phi) is 7.60. The Balaban J connectivity index is 1.46. The molecule has 3 aromatic rings. The van der Waals surface area contributed by atoms with Gasteiger partial charge < -0.3 is 9.80 Å². The third-order valence-electron chi connectivity index (χ3n) is 5.82. The largest absolute Gasteiger partial charge is 0.353 e. The Morgan fingerprint density at radius 2 is 1.79 bits per heavy atom. The Morgan fingerprint density at radius 1 is 1.03 bits per heavy atom. The molecule has 0 spiro atoms. The Morgan fingerprint density at radius 3 is 2.48 bits per heavy atom. The number of benzene rings is 2.